The van der Waals surface area contributed by atoms with Crippen LogP contribution in [0, 0.1) is 5.92 Å². The molecule has 1 aromatic carbocycles. The van der Waals surface area contributed by atoms with Gasteiger partial charge in [-0.2, -0.15) is 0 Å². The molecule has 1 fully saturated rings. The molecule has 1 saturated carbocycles. The fourth-order valence-corrected chi connectivity index (χ4v) is 3.62. The number of benzene rings is 1. The summed E-state index contributed by atoms with van der Waals surface area (Å²) in [6.07, 6.45) is 4.84. The van der Waals surface area contributed by atoms with Gasteiger partial charge in [0, 0.05) is 12.0 Å². The maximum Gasteiger partial charge on any atom is 0.115 e. The van der Waals surface area contributed by atoms with Crippen molar-refractivity contribution in [3.8, 4) is 5.75 Å². The maximum absolute atomic E-state index is 10.8. The molecular formula is C17H27NO2. The highest BCUT2D eigenvalue weighted by Gasteiger charge is 2.42. The summed E-state index contributed by atoms with van der Waals surface area (Å²) in [5.74, 6) is 0.942. The third-order valence-corrected chi connectivity index (χ3v) is 4.88. The normalized spacial score (nSPS) is 28.6. The van der Waals surface area contributed by atoms with E-state index in [0.29, 0.717) is 12.3 Å². The summed E-state index contributed by atoms with van der Waals surface area (Å²) < 4.78 is 0. The first-order valence-corrected chi connectivity index (χ1v) is 7.57. The summed E-state index contributed by atoms with van der Waals surface area (Å²) in [7, 11) is 4.16. The minimum absolute atomic E-state index is 0.116. The molecule has 3 unspecified atom stereocenters. The van der Waals surface area contributed by atoms with Gasteiger partial charge in [0.15, 0.2) is 0 Å². The minimum atomic E-state index is -0.371. The number of aromatic hydroxyl groups is 1. The number of hydrogen-bond acceptors (Lipinski definition) is 3. The van der Waals surface area contributed by atoms with E-state index in [1.165, 1.54) is 12.8 Å². The monoisotopic (exact) mass is 277 g/mol. The average Bonchev–Trinajstić information content (AvgIpc) is 2.41. The van der Waals surface area contributed by atoms with E-state index in [-0.39, 0.29) is 17.4 Å². The second-order valence-corrected chi connectivity index (χ2v) is 6.59. The van der Waals surface area contributed by atoms with Gasteiger partial charge in [-0.3, -0.25) is 0 Å². The smallest absolute Gasteiger partial charge is 0.115 e. The fourth-order valence-electron chi connectivity index (χ4n) is 3.62. The lowest BCUT2D eigenvalue weighted by molar-refractivity contribution is -0.0424. The van der Waals surface area contributed by atoms with Gasteiger partial charge in [-0.1, -0.05) is 31.9 Å². The van der Waals surface area contributed by atoms with E-state index >= 15 is 0 Å². The topological polar surface area (TPSA) is 43.7 Å². The van der Waals surface area contributed by atoms with Crippen LogP contribution in [0.15, 0.2) is 24.3 Å². The summed E-state index contributed by atoms with van der Waals surface area (Å²) >= 11 is 0. The van der Waals surface area contributed by atoms with E-state index in [1.807, 2.05) is 12.1 Å². The molecule has 2 rings (SSSR count). The molecule has 3 heteroatoms. The first-order chi connectivity index (χ1) is 9.44. The molecule has 0 spiro atoms. The Morgan fingerprint density at radius 3 is 2.50 bits per heavy atom. The highest BCUT2D eigenvalue weighted by molar-refractivity contribution is 5.26. The second-order valence-electron chi connectivity index (χ2n) is 6.59. The lowest BCUT2D eigenvalue weighted by Gasteiger charge is -2.48. The van der Waals surface area contributed by atoms with E-state index in [9.17, 15) is 10.2 Å². The highest BCUT2D eigenvalue weighted by atomic mass is 16.3. The van der Waals surface area contributed by atoms with Gasteiger partial charge in [0.25, 0.3) is 0 Å². The van der Waals surface area contributed by atoms with E-state index in [2.05, 4.69) is 25.9 Å². The summed E-state index contributed by atoms with van der Waals surface area (Å²) in [5, 5.41) is 20.2. The molecule has 1 aliphatic rings. The average molecular weight is 277 g/mol. The van der Waals surface area contributed by atoms with Crippen molar-refractivity contribution >= 4 is 0 Å². The van der Waals surface area contributed by atoms with Crippen LogP contribution >= 0.6 is 0 Å². The van der Waals surface area contributed by atoms with Crippen LogP contribution in [0.2, 0.25) is 0 Å². The van der Waals surface area contributed by atoms with Gasteiger partial charge in [-0.25, -0.2) is 0 Å². The van der Waals surface area contributed by atoms with Crippen molar-refractivity contribution in [1.29, 1.82) is 0 Å². The Bertz CT molecular complexity index is 429. The van der Waals surface area contributed by atoms with E-state index in [1.54, 1.807) is 12.1 Å². The van der Waals surface area contributed by atoms with E-state index < -0.39 is 0 Å². The van der Waals surface area contributed by atoms with Gasteiger partial charge in [0.1, 0.15) is 5.75 Å². The van der Waals surface area contributed by atoms with Crippen LogP contribution in [0.3, 0.4) is 0 Å². The number of phenols is 1. The van der Waals surface area contributed by atoms with Crippen molar-refractivity contribution in [3.05, 3.63) is 29.8 Å². The van der Waals surface area contributed by atoms with Crippen molar-refractivity contribution in [3.63, 3.8) is 0 Å². The molecule has 0 amide bonds. The molecule has 0 aliphatic heterocycles. The summed E-state index contributed by atoms with van der Waals surface area (Å²) in [4.78, 5) is 2.22. The van der Waals surface area contributed by atoms with Crippen molar-refractivity contribution in [2.45, 2.75) is 50.7 Å². The number of hydrogen-bond donors (Lipinski definition) is 2. The van der Waals surface area contributed by atoms with Crippen molar-refractivity contribution < 1.29 is 10.2 Å². The molecule has 0 radical (unpaired) electrons. The van der Waals surface area contributed by atoms with Crippen LogP contribution in [0.5, 0.6) is 5.75 Å². The Balaban J connectivity index is 2.14. The molecule has 0 aromatic heterocycles. The SMILES string of the molecule is CC1CCCC(C(O)Cc2ccc(O)cc2)(N(C)C)C1. The van der Waals surface area contributed by atoms with Gasteiger partial charge in [-0.15, -0.1) is 0 Å². The number of aliphatic hydroxyl groups excluding tert-OH is 1. The van der Waals surface area contributed by atoms with E-state index in [4.69, 9.17) is 0 Å². The van der Waals surface area contributed by atoms with Crippen LogP contribution in [-0.4, -0.2) is 40.9 Å². The Kier molecular flexibility index (Phi) is 4.71. The van der Waals surface area contributed by atoms with Crippen LogP contribution in [0.1, 0.15) is 38.2 Å². The molecule has 0 saturated heterocycles. The summed E-state index contributed by atoms with van der Waals surface area (Å²) in [6.45, 7) is 2.28. The second kappa shape index (κ2) is 6.15. The Labute approximate surface area is 122 Å². The maximum atomic E-state index is 10.8. The van der Waals surface area contributed by atoms with Crippen molar-refractivity contribution in [2.24, 2.45) is 5.92 Å². The van der Waals surface area contributed by atoms with Crippen LogP contribution < -0.4 is 0 Å². The Morgan fingerprint density at radius 1 is 1.30 bits per heavy atom. The summed E-state index contributed by atoms with van der Waals surface area (Å²) in [5.41, 5.74) is 0.963. The highest BCUT2D eigenvalue weighted by Crippen LogP contribution is 2.39. The number of nitrogens with zero attached hydrogens (tertiary/aromatic N) is 1. The van der Waals surface area contributed by atoms with Gasteiger partial charge in [-0.05, 0) is 50.6 Å². The quantitative estimate of drug-likeness (QED) is 0.889. The number of rotatable bonds is 4. The van der Waals surface area contributed by atoms with Crippen LogP contribution in [-0.2, 0) is 6.42 Å². The molecule has 0 bridgehead atoms. The van der Waals surface area contributed by atoms with E-state index in [0.717, 1.165) is 18.4 Å². The number of aliphatic hydroxyl groups is 1. The Morgan fingerprint density at radius 2 is 1.95 bits per heavy atom. The molecule has 20 heavy (non-hydrogen) atoms. The molecule has 1 aromatic rings. The largest absolute Gasteiger partial charge is 0.508 e. The van der Waals surface area contributed by atoms with Gasteiger partial charge >= 0.3 is 0 Å². The number of phenolic OH excluding ortho intramolecular Hbond substituents is 1. The van der Waals surface area contributed by atoms with Gasteiger partial charge < -0.3 is 15.1 Å². The molecule has 112 valence electrons. The van der Waals surface area contributed by atoms with Crippen LogP contribution in [0.4, 0.5) is 0 Å². The first-order valence-electron chi connectivity index (χ1n) is 7.57. The predicted octanol–water partition coefficient (Wildman–Crippen LogP) is 2.81. The van der Waals surface area contributed by atoms with Crippen LogP contribution in [0.25, 0.3) is 0 Å². The zero-order valence-corrected chi connectivity index (χ0v) is 12.8. The molecule has 0 heterocycles. The standard InChI is InChI=1S/C17H27NO2/c1-13-5-4-10-17(12-13,18(2)3)16(20)11-14-6-8-15(19)9-7-14/h6-9,13,16,19-20H,4-5,10-12H2,1-3H3. The third kappa shape index (κ3) is 3.15. The lowest BCUT2D eigenvalue weighted by Crippen LogP contribution is -2.56. The first kappa shape index (κ1) is 15.3. The van der Waals surface area contributed by atoms with Gasteiger partial charge in [0.05, 0.1) is 6.10 Å². The predicted molar refractivity (Wildman–Crippen MR) is 81.9 cm³/mol. The Hall–Kier alpha value is -1.06. The zero-order chi connectivity index (χ0) is 14.8. The molecule has 3 atom stereocenters. The van der Waals surface area contributed by atoms with Crippen molar-refractivity contribution in [1.82, 2.24) is 4.90 Å². The zero-order valence-electron chi connectivity index (χ0n) is 12.8. The lowest BCUT2D eigenvalue weighted by atomic mass is 9.71. The molecule has 2 N–H and O–H groups in total. The fraction of sp³-hybridized carbons (Fsp3) is 0.647. The van der Waals surface area contributed by atoms with Gasteiger partial charge in [0.2, 0.25) is 0 Å². The molecule has 1 aliphatic carbocycles. The van der Waals surface area contributed by atoms with Crippen molar-refractivity contribution in [2.75, 3.05) is 14.1 Å². The third-order valence-electron chi connectivity index (χ3n) is 4.88. The molecule has 3 nitrogen and oxygen atoms in total. The number of likely N-dealkylation sites (N-methyl/N-ethyl adjacent to an activating group) is 1. The molecular weight excluding hydrogens is 250 g/mol. The summed E-state index contributed by atoms with van der Waals surface area (Å²) in [6, 6.07) is 7.17. The minimum Gasteiger partial charge on any atom is -0.508 e.